The Bertz CT molecular complexity index is 1010. The van der Waals surface area contributed by atoms with Crippen LogP contribution < -0.4 is 23.8 Å². The van der Waals surface area contributed by atoms with Crippen molar-refractivity contribution in [3.8, 4) is 17.2 Å². The standard InChI is InChI=1S/C23H32N2O6S/c1-16(2)13-20(17-7-10-19(29-3)11-8-17)24-23(26)15-25(32(6,27)28)18-9-12-21(30-4)22(14-18)31-5/h7-12,14,16,20H,13,15H2,1-6H3,(H,24,26)/t20-/m0/s1. The van der Waals surface area contributed by atoms with Crippen LogP contribution in [-0.4, -0.2) is 48.5 Å². The van der Waals surface area contributed by atoms with E-state index in [2.05, 4.69) is 19.2 Å². The van der Waals surface area contributed by atoms with Crippen LogP contribution in [0, 0.1) is 5.92 Å². The second-order valence-corrected chi connectivity index (χ2v) is 9.74. The Morgan fingerprint density at radius 1 is 0.969 bits per heavy atom. The highest BCUT2D eigenvalue weighted by molar-refractivity contribution is 7.92. The molecule has 0 heterocycles. The van der Waals surface area contributed by atoms with Crippen LogP contribution in [0.1, 0.15) is 31.9 Å². The lowest BCUT2D eigenvalue weighted by Gasteiger charge is -2.26. The number of methoxy groups -OCH3 is 3. The van der Waals surface area contributed by atoms with Crippen molar-refractivity contribution in [3.63, 3.8) is 0 Å². The van der Waals surface area contributed by atoms with Crippen molar-refractivity contribution < 1.29 is 27.4 Å². The second-order valence-electron chi connectivity index (χ2n) is 7.83. The van der Waals surface area contributed by atoms with E-state index in [0.29, 0.717) is 29.5 Å². The zero-order valence-electron chi connectivity index (χ0n) is 19.4. The summed E-state index contributed by atoms with van der Waals surface area (Å²) in [5.41, 5.74) is 1.23. The van der Waals surface area contributed by atoms with Gasteiger partial charge in [-0.15, -0.1) is 0 Å². The van der Waals surface area contributed by atoms with Crippen molar-refractivity contribution >= 4 is 21.6 Å². The Labute approximate surface area is 190 Å². The molecule has 0 radical (unpaired) electrons. The molecule has 1 atom stereocenters. The summed E-state index contributed by atoms with van der Waals surface area (Å²) < 4.78 is 41.7. The number of benzene rings is 2. The van der Waals surface area contributed by atoms with E-state index in [9.17, 15) is 13.2 Å². The minimum absolute atomic E-state index is 0.264. The molecule has 2 aromatic carbocycles. The number of nitrogens with one attached hydrogen (secondary N) is 1. The van der Waals surface area contributed by atoms with Gasteiger partial charge in [0.15, 0.2) is 11.5 Å². The lowest BCUT2D eigenvalue weighted by molar-refractivity contribution is -0.120. The van der Waals surface area contributed by atoms with E-state index in [1.54, 1.807) is 19.2 Å². The summed E-state index contributed by atoms with van der Waals surface area (Å²) in [5, 5.41) is 2.98. The monoisotopic (exact) mass is 464 g/mol. The number of hydrogen-bond acceptors (Lipinski definition) is 6. The fourth-order valence-electron chi connectivity index (χ4n) is 3.34. The molecule has 9 heteroatoms. The van der Waals surface area contributed by atoms with Crippen LogP contribution in [0.3, 0.4) is 0 Å². The summed E-state index contributed by atoms with van der Waals surface area (Å²) >= 11 is 0. The first-order valence-electron chi connectivity index (χ1n) is 10.2. The van der Waals surface area contributed by atoms with Crippen molar-refractivity contribution in [1.82, 2.24) is 5.32 Å². The van der Waals surface area contributed by atoms with Gasteiger partial charge in [0.1, 0.15) is 12.3 Å². The molecule has 1 amide bonds. The first-order chi connectivity index (χ1) is 15.1. The molecule has 0 aliphatic heterocycles. The van der Waals surface area contributed by atoms with Gasteiger partial charge < -0.3 is 19.5 Å². The van der Waals surface area contributed by atoms with Crippen LogP contribution in [0.4, 0.5) is 5.69 Å². The molecule has 2 rings (SSSR count). The Morgan fingerprint density at radius 3 is 2.09 bits per heavy atom. The first-order valence-corrected chi connectivity index (χ1v) is 12.1. The number of rotatable bonds is 11. The average Bonchev–Trinajstić information content (AvgIpc) is 2.75. The number of nitrogens with zero attached hydrogens (tertiary/aromatic N) is 1. The highest BCUT2D eigenvalue weighted by Crippen LogP contribution is 2.32. The minimum atomic E-state index is -3.73. The summed E-state index contributed by atoms with van der Waals surface area (Å²) in [6.45, 7) is 3.77. The number of carbonyl (C=O) groups excluding carboxylic acids is 1. The number of carbonyl (C=O) groups is 1. The summed E-state index contributed by atoms with van der Waals surface area (Å²) in [4.78, 5) is 12.9. The number of sulfonamides is 1. The van der Waals surface area contributed by atoms with Crippen LogP contribution in [0.2, 0.25) is 0 Å². The number of anilines is 1. The molecule has 0 saturated carbocycles. The Hall–Kier alpha value is -2.94. The van der Waals surface area contributed by atoms with Gasteiger partial charge in [-0.25, -0.2) is 8.42 Å². The van der Waals surface area contributed by atoms with Crippen molar-refractivity contribution in [1.29, 1.82) is 0 Å². The van der Waals surface area contributed by atoms with E-state index in [1.165, 1.54) is 20.3 Å². The molecule has 32 heavy (non-hydrogen) atoms. The van der Waals surface area contributed by atoms with Gasteiger partial charge in [-0.05, 0) is 42.2 Å². The SMILES string of the molecule is COc1ccc([C@H](CC(C)C)NC(=O)CN(c2ccc(OC)c(OC)c2)S(C)(=O)=O)cc1. The van der Waals surface area contributed by atoms with Gasteiger partial charge in [0.25, 0.3) is 0 Å². The zero-order valence-corrected chi connectivity index (χ0v) is 20.2. The van der Waals surface area contributed by atoms with Gasteiger partial charge in [0.05, 0.1) is 39.3 Å². The molecule has 0 saturated heterocycles. The number of hydrogen-bond donors (Lipinski definition) is 1. The summed E-state index contributed by atoms with van der Waals surface area (Å²) in [5.74, 6) is 1.46. The van der Waals surface area contributed by atoms with E-state index in [4.69, 9.17) is 14.2 Å². The maximum Gasteiger partial charge on any atom is 0.241 e. The van der Waals surface area contributed by atoms with E-state index in [0.717, 1.165) is 21.9 Å². The zero-order chi connectivity index (χ0) is 23.9. The van der Waals surface area contributed by atoms with Gasteiger partial charge >= 0.3 is 0 Å². The molecule has 0 fully saturated rings. The third-order valence-electron chi connectivity index (χ3n) is 4.90. The first kappa shape index (κ1) is 25.3. The van der Waals surface area contributed by atoms with Crippen LogP contribution in [0.25, 0.3) is 0 Å². The number of amides is 1. The predicted molar refractivity (Wildman–Crippen MR) is 125 cm³/mol. The fraction of sp³-hybridized carbons (Fsp3) is 0.435. The Kier molecular flexibility index (Phi) is 8.77. The van der Waals surface area contributed by atoms with Crippen LogP contribution >= 0.6 is 0 Å². The van der Waals surface area contributed by atoms with Gasteiger partial charge in [-0.3, -0.25) is 9.10 Å². The van der Waals surface area contributed by atoms with Crippen LogP contribution in [0.5, 0.6) is 17.2 Å². The average molecular weight is 465 g/mol. The van der Waals surface area contributed by atoms with Gasteiger partial charge in [0.2, 0.25) is 15.9 Å². The van der Waals surface area contributed by atoms with Crippen molar-refractivity contribution in [2.45, 2.75) is 26.3 Å². The molecular weight excluding hydrogens is 432 g/mol. The molecule has 0 unspecified atom stereocenters. The summed E-state index contributed by atoms with van der Waals surface area (Å²) in [6, 6.07) is 11.9. The normalized spacial score (nSPS) is 12.2. The highest BCUT2D eigenvalue weighted by atomic mass is 32.2. The smallest absolute Gasteiger partial charge is 0.241 e. The maximum absolute atomic E-state index is 12.9. The van der Waals surface area contributed by atoms with Crippen molar-refractivity contribution in [2.75, 3.05) is 38.4 Å². The van der Waals surface area contributed by atoms with Gasteiger partial charge in [-0.2, -0.15) is 0 Å². The third-order valence-corrected chi connectivity index (χ3v) is 6.04. The topological polar surface area (TPSA) is 94.2 Å². The van der Waals surface area contributed by atoms with Crippen molar-refractivity contribution in [2.24, 2.45) is 5.92 Å². The summed E-state index contributed by atoms with van der Waals surface area (Å²) in [6.07, 6.45) is 1.76. The molecule has 176 valence electrons. The highest BCUT2D eigenvalue weighted by Gasteiger charge is 2.24. The lowest BCUT2D eigenvalue weighted by Crippen LogP contribution is -2.41. The third kappa shape index (κ3) is 6.78. The molecule has 8 nitrogen and oxygen atoms in total. The van der Waals surface area contributed by atoms with E-state index >= 15 is 0 Å². The number of ether oxygens (including phenoxy) is 3. The van der Waals surface area contributed by atoms with Crippen LogP contribution in [-0.2, 0) is 14.8 Å². The molecule has 0 aliphatic rings. The Morgan fingerprint density at radius 2 is 1.59 bits per heavy atom. The minimum Gasteiger partial charge on any atom is -0.497 e. The second kappa shape index (κ2) is 11.1. The fourth-order valence-corrected chi connectivity index (χ4v) is 4.18. The van der Waals surface area contributed by atoms with Crippen LogP contribution in [0.15, 0.2) is 42.5 Å². The lowest BCUT2D eigenvalue weighted by atomic mass is 9.97. The predicted octanol–water partition coefficient (Wildman–Crippen LogP) is 3.38. The Balaban J connectivity index is 2.27. The van der Waals surface area contributed by atoms with E-state index in [1.807, 2.05) is 24.3 Å². The largest absolute Gasteiger partial charge is 0.497 e. The molecule has 0 spiro atoms. The molecule has 0 aromatic heterocycles. The van der Waals surface area contributed by atoms with E-state index < -0.39 is 15.9 Å². The molecule has 0 aliphatic carbocycles. The molecule has 0 bridgehead atoms. The molecular formula is C23H32N2O6S. The maximum atomic E-state index is 12.9. The molecule has 1 N–H and O–H groups in total. The quantitative estimate of drug-likeness (QED) is 0.548. The van der Waals surface area contributed by atoms with Crippen molar-refractivity contribution in [3.05, 3.63) is 48.0 Å². The molecule has 2 aromatic rings. The van der Waals surface area contributed by atoms with E-state index in [-0.39, 0.29) is 12.6 Å². The van der Waals surface area contributed by atoms with Gasteiger partial charge in [-0.1, -0.05) is 26.0 Å². The van der Waals surface area contributed by atoms with Gasteiger partial charge in [0, 0.05) is 6.07 Å². The summed E-state index contributed by atoms with van der Waals surface area (Å²) in [7, 11) is 0.819.